The van der Waals surface area contributed by atoms with Crippen LogP contribution < -0.4 is 5.32 Å². The first-order chi connectivity index (χ1) is 11.6. The van der Waals surface area contributed by atoms with Crippen LogP contribution >= 0.6 is 0 Å². The van der Waals surface area contributed by atoms with E-state index in [4.69, 9.17) is 0 Å². The quantitative estimate of drug-likeness (QED) is 0.901. The SMILES string of the molecule is Cc1cccc(C(C)C)c1NC(=O)N1CCN(C2CCCC2)CC1. The number of para-hydroxylation sites is 1. The predicted molar refractivity (Wildman–Crippen MR) is 99.7 cm³/mol. The van der Waals surface area contributed by atoms with Crippen molar-refractivity contribution in [2.24, 2.45) is 0 Å². The molecule has 0 spiro atoms. The molecular formula is C20H31N3O. The lowest BCUT2D eigenvalue weighted by atomic mass is 9.98. The van der Waals surface area contributed by atoms with Crippen LogP contribution in [-0.2, 0) is 0 Å². The molecule has 1 aromatic carbocycles. The van der Waals surface area contributed by atoms with Gasteiger partial charge in [-0.15, -0.1) is 0 Å². The number of amides is 2. The van der Waals surface area contributed by atoms with E-state index in [2.05, 4.69) is 49.2 Å². The van der Waals surface area contributed by atoms with Crippen molar-refractivity contribution >= 4 is 11.7 Å². The summed E-state index contributed by atoms with van der Waals surface area (Å²) in [5.41, 5.74) is 3.35. The number of piperazine rings is 1. The fraction of sp³-hybridized carbons (Fsp3) is 0.650. The summed E-state index contributed by atoms with van der Waals surface area (Å²) in [4.78, 5) is 17.3. The number of carbonyl (C=O) groups is 1. The zero-order valence-electron chi connectivity index (χ0n) is 15.3. The van der Waals surface area contributed by atoms with Crippen molar-refractivity contribution in [3.05, 3.63) is 29.3 Å². The highest BCUT2D eigenvalue weighted by Crippen LogP contribution is 2.28. The molecule has 1 N–H and O–H groups in total. The smallest absolute Gasteiger partial charge is 0.321 e. The lowest BCUT2D eigenvalue weighted by Gasteiger charge is -2.38. The van der Waals surface area contributed by atoms with Gasteiger partial charge in [-0.05, 0) is 36.8 Å². The molecule has 1 saturated heterocycles. The third kappa shape index (κ3) is 3.75. The third-order valence-corrected chi connectivity index (χ3v) is 5.60. The Bertz CT molecular complexity index is 570. The van der Waals surface area contributed by atoms with Gasteiger partial charge in [0.05, 0.1) is 0 Å². The zero-order chi connectivity index (χ0) is 17.1. The number of anilines is 1. The molecule has 0 radical (unpaired) electrons. The van der Waals surface area contributed by atoms with Crippen molar-refractivity contribution in [3.63, 3.8) is 0 Å². The van der Waals surface area contributed by atoms with E-state index in [0.29, 0.717) is 5.92 Å². The summed E-state index contributed by atoms with van der Waals surface area (Å²) in [5, 5.41) is 3.18. The van der Waals surface area contributed by atoms with E-state index >= 15 is 0 Å². The number of nitrogens with zero attached hydrogens (tertiary/aromatic N) is 2. The van der Waals surface area contributed by atoms with Crippen LogP contribution in [0.1, 0.15) is 56.6 Å². The molecule has 0 aromatic heterocycles. The minimum absolute atomic E-state index is 0.0530. The topological polar surface area (TPSA) is 35.6 Å². The Morgan fingerprint density at radius 1 is 1.12 bits per heavy atom. The van der Waals surface area contributed by atoms with Crippen molar-refractivity contribution in [2.45, 2.75) is 58.4 Å². The normalized spacial score (nSPS) is 19.9. The molecule has 4 heteroatoms. The molecule has 24 heavy (non-hydrogen) atoms. The lowest BCUT2D eigenvalue weighted by molar-refractivity contribution is 0.115. The first kappa shape index (κ1) is 17.3. The summed E-state index contributed by atoms with van der Waals surface area (Å²) >= 11 is 0. The molecule has 4 nitrogen and oxygen atoms in total. The Morgan fingerprint density at radius 3 is 2.42 bits per heavy atom. The van der Waals surface area contributed by atoms with Crippen LogP contribution in [0.4, 0.5) is 10.5 Å². The molecule has 1 aliphatic heterocycles. The van der Waals surface area contributed by atoms with Gasteiger partial charge in [-0.25, -0.2) is 4.79 Å². The lowest BCUT2D eigenvalue weighted by Crippen LogP contribution is -2.52. The van der Waals surface area contributed by atoms with Gasteiger partial charge >= 0.3 is 6.03 Å². The summed E-state index contributed by atoms with van der Waals surface area (Å²) in [7, 11) is 0. The number of nitrogens with one attached hydrogen (secondary N) is 1. The second-order valence-electron chi connectivity index (χ2n) is 7.59. The van der Waals surface area contributed by atoms with E-state index in [1.807, 2.05) is 4.90 Å². The maximum atomic E-state index is 12.7. The second kappa shape index (κ2) is 7.56. The fourth-order valence-corrected chi connectivity index (χ4v) is 4.09. The first-order valence-electron chi connectivity index (χ1n) is 9.45. The highest BCUT2D eigenvalue weighted by Gasteiger charge is 2.28. The summed E-state index contributed by atoms with van der Waals surface area (Å²) in [6.07, 6.45) is 5.42. The van der Waals surface area contributed by atoms with E-state index < -0.39 is 0 Å². The fourth-order valence-electron chi connectivity index (χ4n) is 4.09. The molecule has 0 atom stereocenters. The molecule has 1 aromatic rings. The van der Waals surface area contributed by atoms with Crippen LogP contribution in [0.2, 0.25) is 0 Å². The van der Waals surface area contributed by atoms with Crippen molar-refractivity contribution in [3.8, 4) is 0 Å². The Kier molecular flexibility index (Phi) is 5.44. The Balaban J connectivity index is 1.60. The average molecular weight is 329 g/mol. The van der Waals surface area contributed by atoms with Gasteiger partial charge < -0.3 is 10.2 Å². The van der Waals surface area contributed by atoms with Crippen molar-refractivity contribution < 1.29 is 4.79 Å². The summed E-state index contributed by atoms with van der Waals surface area (Å²) in [6, 6.07) is 7.07. The third-order valence-electron chi connectivity index (χ3n) is 5.60. The molecule has 1 saturated carbocycles. The summed E-state index contributed by atoms with van der Waals surface area (Å²) in [6.45, 7) is 10.1. The van der Waals surface area contributed by atoms with Gasteiger partial charge in [0.15, 0.2) is 0 Å². The van der Waals surface area contributed by atoms with Gasteiger partial charge in [-0.3, -0.25) is 4.90 Å². The minimum atomic E-state index is 0.0530. The average Bonchev–Trinajstić information content (AvgIpc) is 3.11. The summed E-state index contributed by atoms with van der Waals surface area (Å²) < 4.78 is 0. The zero-order valence-corrected chi connectivity index (χ0v) is 15.3. The van der Waals surface area contributed by atoms with Crippen LogP contribution in [-0.4, -0.2) is 48.1 Å². The maximum absolute atomic E-state index is 12.7. The minimum Gasteiger partial charge on any atom is -0.322 e. The number of carbonyl (C=O) groups excluding carboxylic acids is 1. The van der Waals surface area contributed by atoms with Gasteiger partial charge in [-0.1, -0.05) is 44.9 Å². The van der Waals surface area contributed by atoms with E-state index in [-0.39, 0.29) is 6.03 Å². The number of hydrogen-bond donors (Lipinski definition) is 1. The Morgan fingerprint density at radius 2 is 1.79 bits per heavy atom. The Hall–Kier alpha value is -1.55. The van der Waals surface area contributed by atoms with Crippen LogP contribution in [0.5, 0.6) is 0 Å². The molecule has 1 heterocycles. The summed E-state index contributed by atoms with van der Waals surface area (Å²) in [5.74, 6) is 0.402. The van der Waals surface area contributed by atoms with Crippen molar-refractivity contribution in [2.75, 3.05) is 31.5 Å². The Labute approximate surface area is 146 Å². The maximum Gasteiger partial charge on any atom is 0.321 e. The van der Waals surface area contributed by atoms with Gasteiger partial charge in [-0.2, -0.15) is 0 Å². The number of aryl methyl sites for hydroxylation is 1. The van der Waals surface area contributed by atoms with E-state index in [0.717, 1.165) is 43.5 Å². The number of hydrogen-bond acceptors (Lipinski definition) is 2. The van der Waals surface area contributed by atoms with E-state index in [9.17, 15) is 4.79 Å². The van der Waals surface area contributed by atoms with Gasteiger partial charge in [0.25, 0.3) is 0 Å². The van der Waals surface area contributed by atoms with E-state index in [1.54, 1.807) is 0 Å². The number of urea groups is 1. The van der Waals surface area contributed by atoms with Gasteiger partial charge in [0.1, 0.15) is 0 Å². The van der Waals surface area contributed by atoms with Crippen LogP contribution in [0.15, 0.2) is 18.2 Å². The molecule has 1 aliphatic carbocycles. The van der Waals surface area contributed by atoms with Crippen molar-refractivity contribution in [1.82, 2.24) is 9.80 Å². The van der Waals surface area contributed by atoms with E-state index in [1.165, 1.54) is 31.2 Å². The van der Waals surface area contributed by atoms with Crippen LogP contribution in [0.25, 0.3) is 0 Å². The van der Waals surface area contributed by atoms with Gasteiger partial charge in [0.2, 0.25) is 0 Å². The first-order valence-corrected chi connectivity index (χ1v) is 9.45. The van der Waals surface area contributed by atoms with Crippen LogP contribution in [0.3, 0.4) is 0 Å². The monoisotopic (exact) mass is 329 g/mol. The largest absolute Gasteiger partial charge is 0.322 e. The molecule has 2 aliphatic rings. The highest BCUT2D eigenvalue weighted by atomic mass is 16.2. The van der Waals surface area contributed by atoms with Crippen molar-refractivity contribution in [1.29, 1.82) is 0 Å². The molecule has 2 fully saturated rings. The highest BCUT2D eigenvalue weighted by molar-refractivity contribution is 5.91. The standard InChI is InChI=1S/C20H31N3O/c1-15(2)18-10-6-7-16(3)19(18)21-20(24)23-13-11-22(12-14-23)17-8-4-5-9-17/h6-7,10,15,17H,4-5,8-9,11-14H2,1-3H3,(H,21,24). The number of rotatable bonds is 3. The molecule has 0 unspecified atom stereocenters. The molecular weight excluding hydrogens is 298 g/mol. The molecule has 132 valence electrons. The molecule has 2 amide bonds. The van der Waals surface area contributed by atoms with Crippen LogP contribution in [0, 0.1) is 6.92 Å². The second-order valence-corrected chi connectivity index (χ2v) is 7.59. The molecule has 3 rings (SSSR count). The van der Waals surface area contributed by atoms with Gasteiger partial charge in [0, 0.05) is 37.9 Å². The number of benzene rings is 1. The molecule has 0 bridgehead atoms. The predicted octanol–water partition coefficient (Wildman–Crippen LogP) is 4.21.